The van der Waals surface area contributed by atoms with Crippen LogP contribution in [0, 0.1) is 0 Å². The van der Waals surface area contributed by atoms with Gasteiger partial charge in [-0.1, -0.05) is 54.6 Å². The van der Waals surface area contributed by atoms with Gasteiger partial charge in [-0.2, -0.15) is 0 Å². The molecule has 28 heavy (non-hydrogen) atoms. The Kier molecular flexibility index (Phi) is 6.82. The SMILES string of the molecule is CC(=O)N[C@@H](C)CCc1ccc(-c2csc(N[C@@H](C)c3ccccc3)n2)cc1. The molecule has 0 fully saturated rings. The summed E-state index contributed by atoms with van der Waals surface area (Å²) in [5.41, 5.74) is 4.63. The van der Waals surface area contributed by atoms with Crippen LogP contribution in [0.15, 0.2) is 60.0 Å². The van der Waals surface area contributed by atoms with Crippen LogP contribution in [0.5, 0.6) is 0 Å². The van der Waals surface area contributed by atoms with Crippen molar-refractivity contribution in [2.24, 2.45) is 0 Å². The molecule has 1 heterocycles. The second-order valence-corrected chi connectivity index (χ2v) is 8.01. The minimum atomic E-state index is 0.0253. The van der Waals surface area contributed by atoms with Crippen LogP contribution in [0.3, 0.4) is 0 Å². The summed E-state index contributed by atoms with van der Waals surface area (Å²) in [6, 6.07) is 19.3. The van der Waals surface area contributed by atoms with Crippen molar-refractivity contribution in [2.75, 3.05) is 5.32 Å². The van der Waals surface area contributed by atoms with E-state index >= 15 is 0 Å². The first-order valence-corrected chi connectivity index (χ1v) is 10.5. The van der Waals surface area contributed by atoms with Crippen LogP contribution in [0.4, 0.5) is 5.13 Å². The maximum Gasteiger partial charge on any atom is 0.217 e. The molecule has 0 aliphatic carbocycles. The average Bonchev–Trinajstić information content (AvgIpc) is 3.15. The number of rotatable bonds is 8. The molecule has 3 rings (SSSR count). The second-order valence-electron chi connectivity index (χ2n) is 7.15. The van der Waals surface area contributed by atoms with Crippen LogP contribution < -0.4 is 10.6 Å². The Bertz CT molecular complexity index is 890. The smallest absolute Gasteiger partial charge is 0.217 e. The van der Waals surface area contributed by atoms with Gasteiger partial charge in [0, 0.05) is 23.9 Å². The molecule has 2 aromatic carbocycles. The number of benzene rings is 2. The molecule has 1 amide bonds. The van der Waals surface area contributed by atoms with Gasteiger partial charge in [-0.25, -0.2) is 4.98 Å². The fourth-order valence-corrected chi connectivity index (χ4v) is 3.94. The van der Waals surface area contributed by atoms with Gasteiger partial charge >= 0.3 is 0 Å². The van der Waals surface area contributed by atoms with Gasteiger partial charge in [-0.05, 0) is 37.8 Å². The average molecular weight is 394 g/mol. The van der Waals surface area contributed by atoms with Crippen LogP contribution in [0.2, 0.25) is 0 Å². The normalized spacial score (nSPS) is 13.0. The van der Waals surface area contributed by atoms with E-state index in [0.717, 1.165) is 29.2 Å². The van der Waals surface area contributed by atoms with Gasteiger partial charge in [0.2, 0.25) is 5.91 Å². The number of carbonyl (C=O) groups excluding carboxylic acids is 1. The summed E-state index contributed by atoms with van der Waals surface area (Å²) in [5, 5.41) is 9.43. The van der Waals surface area contributed by atoms with Crippen LogP contribution in [0.25, 0.3) is 11.3 Å². The van der Waals surface area contributed by atoms with Gasteiger partial charge in [0.15, 0.2) is 5.13 Å². The molecule has 2 atom stereocenters. The molecule has 1 aromatic heterocycles. The zero-order chi connectivity index (χ0) is 19.9. The minimum absolute atomic E-state index is 0.0253. The standard InChI is InChI=1S/C23H27N3OS/c1-16(24-18(3)27)9-10-19-11-13-21(14-12-19)22-15-28-23(26-22)25-17(2)20-7-5-4-6-8-20/h4-8,11-17H,9-10H2,1-3H3,(H,24,27)(H,25,26)/t16-,17-/m0/s1. The van der Waals surface area contributed by atoms with E-state index in [2.05, 4.69) is 71.5 Å². The molecular formula is C23H27N3OS. The maximum absolute atomic E-state index is 11.1. The molecule has 2 N–H and O–H groups in total. The molecule has 146 valence electrons. The molecule has 4 nitrogen and oxygen atoms in total. The van der Waals surface area contributed by atoms with Crippen molar-refractivity contribution >= 4 is 22.4 Å². The summed E-state index contributed by atoms with van der Waals surface area (Å²) in [6.07, 6.45) is 1.88. The number of carbonyl (C=O) groups is 1. The highest BCUT2D eigenvalue weighted by atomic mass is 32.1. The highest BCUT2D eigenvalue weighted by Gasteiger charge is 2.09. The Morgan fingerprint density at radius 1 is 1.07 bits per heavy atom. The molecule has 0 radical (unpaired) electrons. The highest BCUT2D eigenvalue weighted by molar-refractivity contribution is 7.14. The van der Waals surface area contributed by atoms with Crippen molar-refractivity contribution < 1.29 is 4.79 Å². The molecule has 0 aliphatic heterocycles. The summed E-state index contributed by atoms with van der Waals surface area (Å²) < 4.78 is 0. The van der Waals surface area contributed by atoms with Gasteiger partial charge in [0.1, 0.15) is 0 Å². The Morgan fingerprint density at radius 2 is 1.79 bits per heavy atom. The van der Waals surface area contributed by atoms with Crippen molar-refractivity contribution in [1.82, 2.24) is 10.3 Å². The van der Waals surface area contributed by atoms with Gasteiger partial charge in [-0.3, -0.25) is 4.79 Å². The summed E-state index contributed by atoms with van der Waals surface area (Å²) >= 11 is 1.63. The van der Waals surface area contributed by atoms with E-state index in [9.17, 15) is 4.79 Å². The lowest BCUT2D eigenvalue weighted by Crippen LogP contribution is -2.30. The summed E-state index contributed by atoms with van der Waals surface area (Å²) in [4.78, 5) is 15.8. The Balaban J connectivity index is 1.58. The van der Waals surface area contributed by atoms with Gasteiger partial charge in [-0.15, -0.1) is 11.3 Å². The quantitative estimate of drug-likeness (QED) is 0.536. The van der Waals surface area contributed by atoms with Gasteiger partial charge in [0.05, 0.1) is 11.7 Å². The number of hydrogen-bond acceptors (Lipinski definition) is 4. The van der Waals surface area contributed by atoms with E-state index in [-0.39, 0.29) is 18.0 Å². The highest BCUT2D eigenvalue weighted by Crippen LogP contribution is 2.28. The number of hydrogen-bond donors (Lipinski definition) is 2. The summed E-state index contributed by atoms with van der Waals surface area (Å²) in [6.45, 7) is 5.74. The van der Waals surface area contributed by atoms with Crippen molar-refractivity contribution in [3.05, 3.63) is 71.1 Å². The molecule has 0 spiro atoms. The zero-order valence-corrected chi connectivity index (χ0v) is 17.4. The number of amides is 1. The first kappa shape index (κ1) is 20.1. The maximum atomic E-state index is 11.1. The van der Waals surface area contributed by atoms with E-state index in [4.69, 9.17) is 4.98 Å². The number of thiazole rings is 1. The van der Waals surface area contributed by atoms with Crippen LogP contribution in [0.1, 0.15) is 44.4 Å². The third-order valence-electron chi connectivity index (χ3n) is 4.71. The van der Waals surface area contributed by atoms with Crippen molar-refractivity contribution in [3.63, 3.8) is 0 Å². The number of anilines is 1. The predicted molar refractivity (Wildman–Crippen MR) is 118 cm³/mol. The number of aryl methyl sites for hydroxylation is 1. The fourth-order valence-electron chi connectivity index (χ4n) is 3.13. The molecule has 0 saturated carbocycles. The van der Waals surface area contributed by atoms with Gasteiger partial charge < -0.3 is 10.6 Å². The fraction of sp³-hybridized carbons (Fsp3) is 0.304. The molecule has 0 saturated heterocycles. The van der Waals surface area contributed by atoms with Crippen LogP contribution in [-0.4, -0.2) is 16.9 Å². The lowest BCUT2D eigenvalue weighted by molar-refractivity contribution is -0.119. The lowest BCUT2D eigenvalue weighted by atomic mass is 10.0. The van der Waals surface area contributed by atoms with E-state index in [1.54, 1.807) is 18.3 Å². The molecular weight excluding hydrogens is 366 g/mol. The summed E-state index contributed by atoms with van der Waals surface area (Å²) in [7, 11) is 0. The first-order chi connectivity index (χ1) is 13.5. The largest absolute Gasteiger partial charge is 0.355 e. The van der Waals surface area contributed by atoms with Crippen molar-refractivity contribution in [1.29, 1.82) is 0 Å². The minimum Gasteiger partial charge on any atom is -0.355 e. The zero-order valence-electron chi connectivity index (χ0n) is 16.6. The number of aromatic nitrogens is 1. The molecule has 3 aromatic rings. The van der Waals surface area contributed by atoms with Gasteiger partial charge in [0.25, 0.3) is 0 Å². The van der Waals surface area contributed by atoms with E-state index in [0.29, 0.717) is 0 Å². The lowest BCUT2D eigenvalue weighted by Gasteiger charge is -2.13. The number of nitrogens with one attached hydrogen (secondary N) is 2. The predicted octanol–water partition coefficient (Wildman–Crippen LogP) is 5.44. The Labute approximate surface area is 171 Å². The van der Waals surface area contributed by atoms with Crippen LogP contribution in [-0.2, 0) is 11.2 Å². The van der Waals surface area contributed by atoms with E-state index < -0.39 is 0 Å². The first-order valence-electron chi connectivity index (χ1n) is 9.64. The Hall–Kier alpha value is -2.66. The third kappa shape index (κ3) is 5.67. The topological polar surface area (TPSA) is 54.0 Å². The molecule has 5 heteroatoms. The van der Waals surface area contributed by atoms with E-state index in [1.807, 2.05) is 13.0 Å². The molecule has 0 aliphatic rings. The van der Waals surface area contributed by atoms with Crippen molar-refractivity contribution in [3.8, 4) is 11.3 Å². The van der Waals surface area contributed by atoms with Crippen LogP contribution >= 0.6 is 11.3 Å². The number of nitrogens with zero attached hydrogens (tertiary/aromatic N) is 1. The third-order valence-corrected chi connectivity index (χ3v) is 5.48. The monoisotopic (exact) mass is 393 g/mol. The summed E-state index contributed by atoms with van der Waals surface area (Å²) in [5.74, 6) is 0.0253. The van der Waals surface area contributed by atoms with E-state index in [1.165, 1.54) is 11.1 Å². The molecule has 0 bridgehead atoms. The second kappa shape index (κ2) is 9.51. The molecule has 0 unspecified atom stereocenters. The van der Waals surface area contributed by atoms with Crippen molar-refractivity contribution in [2.45, 2.75) is 45.7 Å². The Morgan fingerprint density at radius 3 is 2.46 bits per heavy atom.